The average molecular weight is 465 g/mol. The summed E-state index contributed by atoms with van der Waals surface area (Å²) in [7, 11) is 0. The minimum absolute atomic E-state index is 0.0947. The van der Waals surface area contributed by atoms with Crippen molar-refractivity contribution in [3.05, 3.63) is 53.5 Å². The van der Waals surface area contributed by atoms with Crippen molar-refractivity contribution >= 4 is 17.6 Å². The van der Waals surface area contributed by atoms with E-state index in [1.807, 2.05) is 11.0 Å². The number of aromatic nitrogens is 2. The van der Waals surface area contributed by atoms with Crippen LogP contribution in [0.5, 0.6) is 0 Å². The number of rotatable bonds is 8. The molecule has 2 fully saturated rings. The topological polar surface area (TPSA) is 111 Å². The molecule has 1 aliphatic carbocycles. The lowest BCUT2D eigenvalue weighted by atomic mass is 9.79. The van der Waals surface area contributed by atoms with E-state index < -0.39 is 6.10 Å². The molecule has 1 saturated heterocycles. The van der Waals surface area contributed by atoms with Crippen LogP contribution < -0.4 is 10.6 Å². The lowest BCUT2D eigenvalue weighted by Gasteiger charge is -2.41. The number of anilines is 1. The molecule has 1 saturated carbocycles. The first kappa shape index (κ1) is 22.7. The van der Waals surface area contributed by atoms with Crippen molar-refractivity contribution < 1.29 is 14.7 Å². The fraction of sp³-hybridized carbons (Fsp3) is 0.520. The molecule has 2 amide bonds. The third-order valence-corrected chi connectivity index (χ3v) is 7.08. The average Bonchev–Trinajstić information content (AvgIpc) is 2.78. The van der Waals surface area contributed by atoms with E-state index in [0.29, 0.717) is 12.4 Å². The van der Waals surface area contributed by atoms with Gasteiger partial charge < -0.3 is 20.6 Å². The number of carbonyl (C=O) groups is 2. The first-order chi connectivity index (χ1) is 16.5. The van der Waals surface area contributed by atoms with Crippen LogP contribution in [0.1, 0.15) is 40.9 Å². The van der Waals surface area contributed by atoms with Crippen LogP contribution in [0.2, 0.25) is 0 Å². The number of fused-ring (bicyclic) bond motifs is 1. The van der Waals surface area contributed by atoms with E-state index in [2.05, 4.69) is 43.7 Å². The number of β-amino-alcohol motifs (C(OH)–C–C–N with tert-alkyl or cyclic N) is 1. The molecule has 3 aliphatic rings. The van der Waals surface area contributed by atoms with Crippen LogP contribution in [0.3, 0.4) is 0 Å². The van der Waals surface area contributed by atoms with E-state index in [4.69, 9.17) is 0 Å². The summed E-state index contributed by atoms with van der Waals surface area (Å²) >= 11 is 0. The van der Waals surface area contributed by atoms with Crippen LogP contribution in [0.15, 0.2) is 36.7 Å². The summed E-state index contributed by atoms with van der Waals surface area (Å²) in [5.41, 5.74) is 2.92. The Morgan fingerprint density at radius 3 is 2.68 bits per heavy atom. The molecule has 1 aromatic carbocycles. The molecular formula is C25H32N6O3. The second-order valence-corrected chi connectivity index (χ2v) is 9.59. The number of aliphatic hydroxyl groups excluding tert-OH is 1. The Morgan fingerprint density at radius 1 is 1.12 bits per heavy atom. The fourth-order valence-electron chi connectivity index (χ4n) is 4.88. The number of hydrogen-bond donors (Lipinski definition) is 3. The second kappa shape index (κ2) is 10.1. The van der Waals surface area contributed by atoms with E-state index in [1.54, 1.807) is 6.07 Å². The zero-order valence-corrected chi connectivity index (χ0v) is 19.3. The number of benzene rings is 1. The number of amides is 2. The number of nitrogens with zero attached hydrogens (tertiary/aromatic N) is 4. The van der Waals surface area contributed by atoms with Gasteiger partial charge in [-0.1, -0.05) is 24.3 Å². The first-order valence-corrected chi connectivity index (χ1v) is 12.2. The van der Waals surface area contributed by atoms with Crippen molar-refractivity contribution in [3.8, 4) is 0 Å². The second-order valence-electron chi connectivity index (χ2n) is 9.59. The van der Waals surface area contributed by atoms with Gasteiger partial charge in [-0.05, 0) is 36.8 Å². The van der Waals surface area contributed by atoms with Crippen LogP contribution in [-0.2, 0) is 17.8 Å². The summed E-state index contributed by atoms with van der Waals surface area (Å²) < 4.78 is 0. The number of hydrogen-bond acceptors (Lipinski definition) is 7. The Morgan fingerprint density at radius 2 is 1.91 bits per heavy atom. The molecule has 1 atom stereocenters. The van der Waals surface area contributed by atoms with Gasteiger partial charge in [0.15, 0.2) is 0 Å². The molecule has 0 radical (unpaired) electrons. The highest BCUT2D eigenvalue weighted by molar-refractivity contribution is 5.92. The summed E-state index contributed by atoms with van der Waals surface area (Å²) in [6, 6.07) is 10.2. The lowest BCUT2D eigenvalue weighted by molar-refractivity contribution is -0.142. The van der Waals surface area contributed by atoms with Gasteiger partial charge in [-0.15, -0.1) is 0 Å². The minimum atomic E-state index is -0.663. The van der Waals surface area contributed by atoms with E-state index >= 15 is 0 Å². The molecule has 9 heteroatoms. The van der Waals surface area contributed by atoms with E-state index in [0.717, 1.165) is 51.9 Å². The van der Waals surface area contributed by atoms with Crippen molar-refractivity contribution in [1.82, 2.24) is 25.1 Å². The van der Waals surface area contributed by atoms with Gasteiger partial charge >= 0.3 is 0 Å². The van der Waals surface area contributed by atoms with E-state index in [9.17, 15) is 14.7 Å². The molecule has 0 spiro atoms. The predicted molar refractivity (Wildman–Crippen MR) is 127 cm³/mol. The van der Waals surface area contributed by atoms with Crippen LogP contribution in [-0.4, -0.2) is 81.6 Å². The Hall–Kier alpha value is -3.04. The number of nitrogens with one attached hydrogen (secondary N) is 2. The highest BCUT2D eigenvalue weighted by atomic mass is 16.3. The molecule has 3 N–H and O–H groups in total. The third kappa shape index (κ3) is 5.20. The fourth-order valence-corrected chi connectivity index (χ4v) is 4.88. The van der Waals surface area contributed by atoms with Crippen molar-refractivity contribution in [2.75, 3.05) is 38.0 Å². The van der Waals surface area contributed by atoms with Gasteiger partial charge in [0, 0.05) is 57.3 Å². The Balaban J connectivity index is 1.06. The molecule has 9 nitrogen and oxygen atoms in total. The summed E-state index contributed by atoms with van der Waals surface area (Å²) in [6.45, 7) is 4.15. The smallest absolute Gasteiger partial charge is 0.270 e. The monoisotopic (exact) mass is 464 g/mol. The quantitative estimate of drug-likeness (QED) is 0.536. The zero-order chi connectivity index (χ0) is 23.5. The number of carbonyl (C=O) groups excluding carboxylic acids is 2. The minimum Gasteiger partial charge on any atom is -0.390 e. The molecule has 1 aromatic heterocycles. The molecule has 2 aliphatic heterocycles. The molecular weight excluding hydrogens is 432 g/mol. The van der Waals surface area contributed by atoms with Crippen LogP contribution >= 0.6 is 0 Å². The van der Waals surface area contributed by atoms with Crippen LogP contribution in [0.4, 0.5) is 5.82 Å². The van der Waals surface area contributed by atoms with E-state index in [1.165, 1.54) is 17.5 Å². The molecule has 0 bridgehead atoms. The normalized spacial score (nSPS) is 22.7. The van der Waals surface area contributed by atoms with Crippen LogP contribution in [0, 0.1) is 5.92 Å². The maximum Gasteiger partial charge on any atom is 0.270 e. The Labute approximate surface area is 199 Å². The molecule has 34 heavy (non-hydrogen) atoms. The van der Waals surface area contributed by atoms with Crippen molar-refractivity contribution in [2.24, 2.45) is 5.92 Å². The molecule has 3 heterocycles. The number of likely N-dealkylation sites (tertiary alicyclic amines) is 1. The zero-order valence-electron chi connectivity index (χ0n) is 19.3. The Kier molecular flexibility index (Phi) is 6.73. The SMILES string of the molecule is O=C(NC[C@H](O)CN1CCc2ccccc2C1)c1cc(NC2CC(C(=O)N3CCC3)C2)ncn1. The summed E-state index contributed by atoms with van der Waals surface area (Å²) in [5.74, 6) is 0.595. The van der Waals surface area contributed by atoms with Gasteiger partial charge in [-0.2, -0.15) is 0 Å². The maximum atomic E-state index is 12.6. The number of aliphatic hydroxyl groups is 1. The predicted octanol–water partition coefficient (Wildman–Crippen LogP) is 1.05. The van der Waals surface area contributed by atoms with Crippen LogP contribution in [0.25, 0.3) is 0 Å². The molecule has 0 unspecified atom stereocenters. The Bertz CT molecular complexity index is 1040. The summed E-state index contributed by atoms with van der Waals surface area (Å²) in [6.07, 6.45) is 4.35. The molecule has 2 aromatic rings. The van der Waals surface area contributed by atoms with E-state index in [-0.39, 0.29) is 36.0 Å². The van der Waals surface area contributed by atoms with Crippen molar-refractivity contribution in [1.29, 1.82) is 0 Å². The molecule has 5 rings (SSSR count). The van der Waals surface area contributed by atoms with Gasteiger partial charge in [0.05, 0.1) is 6.10 Å². The van der Waals surface area contributed by atoms with Gasteiger partial charge in [-0.3, -0.25) is 14.5 Å². The van der Waals surface area contributed by atoms with Gasteiger partial charge in [-0.25, -0.2) is 9.97 Å². The highest BCUT2D eigenvalue weighted by Gasteiger charge is 2.38. The highest BCUT2D eigenvalue weighted by Crippen LogP contribution is 2.32. The van der Waals surface area contributed by atoms with Crippen molar-refractivity contribution in [2.45, 2.75) is 44.4 Å². The summed E-state index contributed by atoms with van der Waals surface area (Å²) in [5, 5.41) is 16.5. The van der Waals surface area contributed by atoms with Gasteiger partial charge in [0.1, 0.15) is 17.8 Å². The lowest BCUT2D eigenvalue weighted by Crippen LogP contribution is -2.50. The first-order valence-electron chi connectivity index (χ1n) is 12.2. The van der Waals surface area contributed by atoms with Gasteiger partial charge in [0.25, 0.3) is 5.91 Å². The molecule has 180 valence electrons. The maximum absolute atomic E-state index is 12.6. The standard InChI is InChI=1S/C25H32N6O3/c32-21(15-30-9-6-17-4-1-2-5-18(17)14-30)13-26-24(33)22-12-23(28-16-27-22)29-20-10-19(11-20)25(34)31-7-3-8-31/h1-2,4-5,12,16,19-21,32H,3,6-11,13-15H2,(H,26,33)(H,27,28,29)/t19?,20?,21-/m0/s1. The van der Waals surface area contributed by atoms with Gasteiger partial charge in [0.2, 0.25) is 5.91 Å². The van der Waals surface area contributed by atoms with Crippen molar-refractivity contribution in [3.63, 3.8) is 0 Å². The largest absolute Gasteiger partial charge is 0.390 e. The third-order valence-electron chi connectivity index (χ3n) is 7.08. The summed E-state index contributed by atoms with van der Waals surface area (Å²) in [4.78, 5) is 37.3.